The third kappa shape index (κ3) is 5.99. The third-order valence-corrected chi connectivity index (χ3v) is 7.47. The smallest absolute Gasteiger partial charge is 0.407 e. The van der Waals surface area contributed by atoms with Crippen molar-refractivity contribution in [1.82, 2.24) is 15.5 Å². The molecule has 4 rings (SSSR count). The summed E-state index contributed by atoms with van der Waals surface area (Å²) in [6.45, 7) is 7.21. The average molecular weight is 499 g/mol. The van der Waals surface area contributed by atoms with Crippen LogP contribution in [0.25, 0.3) is 0 Å². The zero-order chi connectivity index (χ0) is 25.9. The van der Waals surface area contributed by atoms with Gasteiger partial charge < -0.3 is 20.3 Å². The quantitative estimate of drug-likeness (QED) is 0.493. The van der Waals surface area contributed by atoms with Gasteiger partial charge in [-0.1, -0.05) is 25.3 Å². The summed E-state index contributed by atoms with van der Waals surface area (Å²) in [5.74, 6) is -0.868. The summed E-state index contributed by atoms with van der Waals surface area (Å²) in [6.07, 6.45) is 6.70. The van der Waals surface area contributed by atoms with Gasteiger partial charge >= 0.3 is 6.09 Å². The van der Waals surface area contributed by atoms with Crippen LogP contribution in [0.1, 0.15) is 88.1 Å². The van der Waals surface area contributed by atoms with E-state index in [-0.39, 0.29) is 29.7 Å². The topological polar surface area (TPSA) is 117 Å². The Hall–Kier alpha value is -3.10. The highest BCUT2D eigenvalue weighted by Crippen LogP contribution is 2.39. The second kappa shape index (κ2) is 10.5. The highest BCUT2D eigenvalue weighted by Gasteiger charge is 2.40. The van der Waals surface area contributed by atoms with Crippen LogP contribution in [0, 0.1) is 5.41 Å². The summed E-state index contributed by atoms with van der Waals surface area (Å²) in [6, 6.07) is 4.99. The summed E-state index contributed by atoms with van der Waals surface area (Å²) in [5, 5.41) is 8.87. The maximum absolute atomic E-state index is 13.1. The van der Waals surface area contributed by atoms with Gasteiger partial charge in [0.05, 0.1) is 0 Å². The molecule has 1 aromatic carbocycles. The van der Waals surface area contributed by atoms with Crippen LogP contribution in [-0.2, 0) is 20.9 Å². The molecular formula is C27H38N4O5. The van der Waals surface area contributed by atoms with E-state index in [1.807, 2.05) is 32.9 Å². The first-order valence-electron chi connectivity index (χ1n) is 13.0. The Kier molecular flexibility index (Phi) is 7.57. The maximum atomic E-state index is 13.1. The predicted octanol–water partition coefficient (Wildman–Crippen LogP) is 3.72. The molecular weight excluding hydrogens is 460 g/mol. The average Bonchev–Trinajstić information content (AvgIpc) is 3.15. The Labute approximate surface area is 212 Å². The molecule has 0 bridgehead atoms. The van der Waals surface area contributed by atoms with Gasteiger partial charge in [-0.05, 0) is 64.0 Å². The lowest BCUT2D eigenvalue weighted by molar-refractivity contribution is -0.136. The number of piperidine rings is 1. The Bertz CT molecular complexity index is 1030. The minimum atomic E-state index is -0.625. The molecule has 9 nitrogen and oxygen atoms in total. The molecule has 0 spiro atoms. The number of hydrogen-bond acceptors (Lipinski definition) is 6. The standard InChI is InChI=1S/C27H38N4O5/c1-26(2,3)36-25(35)29-17-27(12-5-4-6-13-27)14-15-28-20-9-7-8-18-19(20)16-31(24(18)34)21-10-11-22(32)30-23(21)33/h7-9,21,28H,4-6,10-17H2,1-3H3,(H,29,35)(H,30,32,33). The lowest BCUT2D eigenvalue weighted by Gasteiger charge is -2.38. The fraction of sp³-hybridized carbons (Fsp3) is 0.630. The number of benzene rings is 1. The fourth-order valence-electron chi connectivity index (χ4n) is 5.60. The molecule has 1 aliphatic carbocycles. The molecule has 1 saturated heterocycles. The first-order chi connectivity index (χ1) is 17.1. The van der Waals surface area contributed by atoms with E-state index in [1.54, 1.807) is 11.0 Å². The molecule has 1 atom stereocenters. The van der Waals surface area contributed by atoms with Gasteiger partial charge in [-0.3, -0.25) is 19.7 Å². The van der Waals surface area contributed by atoms with Gasteiger partial charge in [0.1, 0.15) is 11.6 Å². The fourth-order valence-corrected chi connectivity index (χ4v) is 5.60. The molecule has 3 N–H and O–H groups in total. The van der Waals surface area contributed by atoms with Crippen LogP contribution < -0.4 is 16.0 Å². The van der Waals surface area contributed by atoms with Crippen molar-refractivity contribution in [3.05, 3.63) is 29.3 Å². The highest BCUT2D eigenvalue weighted by atomic mass is 16.6. The third-order valence-electron chi connectivity index (χ3n) is 7.47. The number of nitrogens with one attached hydrogen (secondary N) is 3. The second-order valence-electron chi connectivity index (χ2n) is 11.3. The maximum Gasteiger partial charge on any atom is 0.407 e. The van der Waals surface area contributed by atoms with E-state index < -0.39 is 17.6 Å². The molecule has 9 heteroatoms. The summed E-state index contributed by atoms with van der Waals surface area (Å²) in [5.41, 5.74) is 1.86. The molecule has 1 unspecified atom stereocenters. The molecule has 2 heterocycles. The number of carbonyl (C=O) groups is 4. The number of hydrogen-bond donors (Lipinski definition) is 3. The van der Waals surface area contributed by atoms with E-state index in [0.29, 0.717) is 31.6 Å². The minimum absolute atomic E-state index is 0.00862. The van der Waals surface area contributed by atoms with Gasteiger partial charge in [-0.15, -0.1) is 0 Å². The molecule has 0 radical (unpaired) electrons. The van der Waals surface area contributed by atoms with Crippen molar-refractivity contribution >= 4 is 29.5 Å². The normalized spacial score (nSPS) is 21.6. The van der Waals surface area contributed by atoms with E-state index in [1.165, 1.54) is 6.42 Å². The van der Waals surface area contributed by atoms with Crippen LogP contribution in [-0.4, -0.2) is 53.4 Å². The van der Waals surface area contributed by atoms with Crippen LogP contribution in [0.2, 0.25) is 0 Å². The highest BCUT2D eigenvalue weighted by molar-refractivity contribution is 6.06. The number of nitrogens with zero attached hydrogens (tertiary/aromatic N) is 1. The van der Waals surface area contributed by atoms with Crippen LogP contribution in [0.15, 0.2) is 18.2 Å². The predicted molar refractivity (Wildman–Crippen MR) is 135 cm³/mol. The van der Waals surface area contributed by atoms with E-state index in [9.17, 15) is 19.2 Å². The van der Waals surface area contributed by atoms with E-state index in [2.05, 4.69) is 16.0 Å². The molecule has 2 aliphatic heterocycles. The number of imide groups is 1. The van der Waals surface area contributed by atoms with Crippen molar-refractivity contribution < 1.29 is 23.9 Å². The van der Waals surface area contributed by atoms with Crippen LogP contribution >= 0.6 is 0 Å². The Balaban J connectivity index is 1.39. The van der Waals surface area contributed by atoms with Crippen molar-refractivity contribution in [3.8, 4) is 0 Å². The second-order valence-corrected chi connectivity index (χ2v) is 11.3. The van der Waals surface area contributed by atoms with Crippen molar-refractivity contribution in [3.63, 3.8) is 0 Å². The van der Waals surface area contributed by atoms with Gasteiger partial charge in [-0.25, -0.2) is 4.79 Å². The van der Waals surface area contributed by atoms with Crippen LogP contribution in [0.4, 0.5) is 10.5 Å². The summed E-state index contributed by atoms with van der Waals surface area (Å²) in [7, 11) is 0. The Morgan fingerprint density at radius 1 is 1.17 bits per heavy atom. The lowest BCUT2D eigenvalue weighted by Crippen LogP contribution is -2.52. The number of ether oxygens (including phenoxy) is 1. The van der Waals surface area contributed by atoms with Crippen molar-refractivity contribution in [1.29, 1.82) is 0 Å². The molecule has 2 fully saturated rings. The van der Waals surface area contributed by atoms with Crippen molar-refractivity contribution in [2.75, 3.05) is 18.4 Å². The molecule has 3 aliphatic rings. The number of rotatable bonds is 7. The van der Waals surface area contributed by atoms with Crippen LogP contribution in [0.5, 0.6) is 0 Å². The van der Waals surface area contributed by atoms with Crippen LogP contribution in [0.3, 0.4) is 0 Å². The van der Waals surface area contributed by atoms with Gasteiger partial charge in [0.2, 0.25) is 11.8 Å². The summed E-state index contributed by atoms with van der Waals surface area (Å²) >= 11 is 0. The zero-order valence-electron chi connectivity index (χ0n) is 21.6. The molecule has 1 aromatic rings. The zero-order valence-corrected chi connectivity index (χ0v) is 21.6. The van der Waals surface area contributed by atoms with Crippen molar-refractivity contribution in [2.45, 2.75) is 90.3 Å². The number of alkyl carbamates (subject to hydrolysis) is 1. The molecule has 36 heavy (non-hydrogen) atoms. The van der Waals surface area contributed by atoms with E-state index >= 15 is 0 Å². The number of amides is 4. The SMILES string of the molecule is CC(C)(C)OC(=O)NCC1(CCNc2cccc3c2CN(C2CCC(=O)NC2=O)C3=O)CCCCC1. The first kappa shape index (κ1) is 26.0. The number of carbonyl (C=O) groups excluding carboxylic acids is 4. The Morgan fingerprint density at radius 2 is 1.92 bits per heavy atom. The monoisotopic (exact) mass is 498 g/mol. The molecule has 0 aromatic heterocycles. The minimum Gasteiger partial charge on any atom is -0.444 e. The summed E-state index contributed by atoms with van der Waals surface area (Å²) in [4.78, 5) is 50.8. The van der Waals surface area contributed by atoms with E-state index in [4.69, 9.17) is 4.74 Å². The van der Waals surface area contributed by atoms with Gasteiger partial charge in [0.15, 0.2) is 0 Å². The van der Waals surface area contributed by atoms with E-state index in [0.717, 1.165) is 43.4 Å². The first-order valence-corrected chi connectivity index (χ1v) is 13.0. The number of anilines is 1. The van der Waals surface area contributed by atoms with Gasteiger partial charge in [-0.2, -0.15) is 0 Å². The largest absolute Gasteiger partial charge is 0.444 e. The van der Waals surface area contributed by atoms with Gasteiger partial charge in [0.25, 0.3) is 5.91 Å². The van der Waals surface area contributed by atoms with Crippen molar-refractivity contribution in [2.24, 2.45) is 5.41 Å². The summed E-state index contributed by atoms with van der Waals surface area (Å²) < 4.78 is 5.43. The molecule has 196 valence electrons. The number of fused-ring (bicyclic) bond motifs is 1. The molecule has 1 saturated carbocycles. The van der Waals surface area contributed by atoms with Gasteiger partial charge in [0, 0.05) is 42.9 Å². The Morgan fingerprint density at radius 3 is 2.61 bits per heavy atom. The molecule has 4 amide bonds. The lowest BCUT2D eigenvalue weighted by atomic mass is 9.71.